The predicted octanol–water partition coefficient (Wildman–Crippen LogP) is 1.81. The number of hydrogen-bond donors (Lipinski definition) is 3. The fraction of sp³-hybridized carbons (Fsp3) is 0.417. The van der Waals surface area contributed by atoms with Crippen LogP contribution < -0.4 is 0 Å². The number of carboxylic acids is 1. The van der Waals surface area contributed by atoms with Crippen LogP contribution in [0.25, 0.3) is 0 Å². The van der Waals surface area contributed by atoms with Gasteiger partial charge in [0.15, 0.2) is 5.60 Å². The molecule has 0 spiro atoms. The van der Waals surface area contributed by atoms with Crippen LogP contribution in [0.3, 0.4) is 0 Å². The number of carbonyl (C=O) groups is 1. The van der Waals surface area contributed by atoms with E-state index in [1.54, 1.807) is 12.1 Å². The normalized spacial score (nSPS) is 14.8. The smallest absolute Gasteiger partial charge is 0.340 e. The summed E-state index contributed by atoms with van der Waals surface area (Å²) >= 11 is 0. The van der Waals surface area contributed by atoms with Crippen molar-refractivity contribution < 1.29 is 20.1 Å². The van der Waals surface area contributed by atoms with Crippen molar-refractivity contribution in [3.05, 3.63) is 29.3 Å². The van der Waals surface area contributed by atoms with Crippen LogP contribution in [-0.4, -0.2) is 21.3 Å². The zero-order valence-corrected chi connectivity index (χ0v) is 9.56. The Morgan fingerprint density at radius 2 is 1.94 bits per heavy atom. The average molecular weight is 224 g/mol. The van der Waals surface area contributed by atoms with E-state index in [9.17, 15) is 15.0 Å². The van der Waals surface area contributed by atoms with Gasteiger partial charge in [-0.2, -0.15) is 0 Å². The molecule has 0 heterocycles. The number of aromatic hydroxyl groups is 1. The highest BCUT2D eigenvalue weighted by molar-refractivity contribution is 5.79. The number of hydrogen-bond acceptors (Lipinski definition) is 3. The number of para-hydroxylation sites is 1. The summed E-state index contributed by atoms with van der Waals surface area (Å²) in [4.78, 5) is 10.9. The first-order valence-electron chi connectivity index (χ1n) is 5.06. The fourth-order valence-electron chi connectivity index (χ4n) is 1.54. The lowest BCUT2D eigenvalue weighted by Gasteiger charge is -2.21. The van der Waals surface area contributed by atoms with E-state index in [2.05, 4.69) is 0 Å². The molecule has 1 aromatic carbocycles. The largest absolute Gasteiger partial charge is 0.507 e. The van der Waals surface area contributed by atoms with Crippen molar-refractivity contribution in [3.8, 4) is 5.75 Å². The monoisotopic (exact) mass is 224 g/mol. The summed E-state index contributed by atoms with van der Waals surface area (Å²) in [5, 5.41) is 28.6. The van der Waals surface area contributed by atoms with Crippen molar-refractivity contribution in [1.29, 1.82) is 0 Å². The molecule has 0 aliphatic heterocycles. The molecule has 0 saturated carbocycles. The van der Waals surface area contributed by atoms with E-state index in [1.807, 2.05) is 13.8 Å². The highest BCUT2D eigenvalue weighted by Gasteiger charge is 2.35. The van der Waals surface area contributed by atoms with Crippen molar-refractivity contribution in [2.45, 2.75) is 32.3 Å². The second-order valence-corrected chi connectivity index (χ2v) is 4.28. The Hall–Kier alpha value is -1.55. The van der Waals surface area contributed by atoms with Gasteiger partial charge in [0.2, 0.25) is 0 Å². The highest BCUT2D eigenvalue weighted by atomic mass is 16.4. The van der Waals surface area contributed by atoms with E-state index in [4.69, 9.17) is 5.11 Å². The quantitative estimate of drug-likeness (QED) is 0.731. The molecule has 4 heteroatoms. The fourth-order valence-corrected chi connectivity index (χ4v) is 1.54. The van der Waals surface area contributed by atoms with Crippen LogP contribution in [0.5, 0.6) is 5.75 Å². The van der Waals surface area contributed by atoms with Crippen molar-refractivity contribution >= 4 is 5.97 Å². The van der Waals surface area contributed by atoms with Gasteiger partial charge in [-0.25, -0.2) is 4.79 Å². The summed E-state index contributed by atoms with van der Waals surface area (Å²) < 4.78 is 0. The molecule has 0 fully saturated rings. The first-order valence-corrected chi connectivity index (χ1v) is 5.06. The Labute approximate surface area is 94.2 Å². The van der Waals surface area contributed by atoms with E-state index >= 15 is 0 Å². The lowest BCUT2D eigenvalue weighted by atomic mass is 9.90. The zero-order chi connectivity index (χ0) is 12.5. The van der Waals surface area contributed by atoms with Crippen LogP contribution in [0.1, 0.15) is 37.8 Å². The molecule has 88 valence electrons. The maximum Gasteiger partial charge on any atom is 0.340 e. The van der Waals surface area contributed by atoms with Gasteiger partial charge >= 0.3 is 5.97 Å². The molecule has 0 saturated heterocycles. The van der Waals surface area contributed by atoms with E-state index in [1.165, 1.54) is 6.07 Å². The Morgan fingerprint density at radius 3 is 2.38 bits per heavy atom. The molecule has 0 radical (unpaired) electrons. The molecule has 1 aromatic rings. The molecule has 16 heavy (non-hydrogen) atoms. The van der Waals surface area contributed by atoms with E-state index in [0.29, 0.717) is 5.56 Å². The maximum atomic E-state index is 10.9. The minimum absolute atomic E-state index is 0.0196. The van der Waals surface area contributed by atoms with Crippen LogP contribution in [0.15, 0.2) is 18.2 Å². The topological polar surface area (TPSA) is 77.8 Å². The van der Waals surface area contributed by atoms with Gasteiger partial charge in [-0.3, -0.25) is 0 Å². The summed E-state index contributed by atoms with van der Waals surface area (Å²) in [5.41, 5.74) is -1.43. The van der Waals surface area contributed by atoms with Gasteiger partial charge < -0.3 is 15.3 Å². The molecule has 0 bridgehead atoms. The number of aliphatic carboxylic acids is 1. The van der Waals surface area contributed by atoms with E-state index < -0.39 is 11.6 Å². The molecule has 0 amide bonds. The van der Waals surface area contributed by atoms with Gasteiger partial charge in [-0.15, -0.1) is 0 Å². The van der Waals surface area contributed by atoms with Crippen molar-refractivity contribution in [2.24, 2.45) is 0 Å². The Balaban J connectivity index is 3.36. The van der Waals surface area contributed by atoms with Gasteiger partial charge in [0.25, 0.3) is 0 Å². The third kappa shape index (κ3) is 2.02. The second kappa shape index (κ2) is 4.14. The Bertz CT molecular complexity index is 407. The molecular formula is C12H16O4. The maximum absolute atomic E-state index is 10.9. The minimum Gasteiger partial charge on any atom is -0.507 e. The molecule has 1 rings (SSSR count). The third-order valence-electron chi connectivity index (χ3n) is 2.63. The van der Waals surface area contributed by atoms with Crippen LogP contribution in [0.2, 0.25) is 0 Å². The highest BCUT2D eigenvalue weighted by Crippen LogP contribution is 2.35. The number of aliphatic hydroxyl groups is 1. The summed E-state index contributed by atoms with van der Waals surface area (Å²) in [6, 6.07) is 4.75. The summed E-state index contributed by atoms with van der Waals surface area (Å²) in [6.45, 7) is 4.91. The van der Waals surface area contributed by atoms with E-state index in [-0.39, 0.29) is 17.2 Å². The van der Waals surface area contributed by atoms with Crippen LogP contribution in [0, 0.1) is 0 Å². The molecule has 1 atom stereocenters. The average Bonchev–Trinajstić information content (AvgIpc) is 2.16. The zero-order valence-electron chi connectivity index (χ0n) is 9.56. The Kier molecular flexibility index (Phi) is 3.24. The lowest BCUT2D eigenvalue weighted by Crippen LogP contribution is -2.32. The standard InChI is InChI=1S/C12H16O4/c1-7(2)8-5-4-6-9(10(8)13)12(3,16)11(14)15/h4-7,13,16H,1-3H3,(H,14,15). The van der Waals surface area contributed by atoms with Crippen molar-refractivity contribution in [3.63, 3.8) is 0 Å². The molecule has 4 nitrogen and oxygen atoms in total. The van der Waals surface area contributed by atoms with Crippen LogP contribution in [0.4, 0.5) is 0 Å². The van der Waals surface area contributed by atoms with Crippen molar-refractivity contribution in [1.82, 2.24) is 0 Å². The molecular weight excluding hydrogens is 208 g/mol. The predicted molar refractivity (Wildman–Crippen MR) is 59.4 cm³/mol. The van der Waals surface area contributed by atoms with Gasteiger partial charge in [0.1, 0.15) is 5.75 Å². The molecule has 0 aliphatic rings. The summed E-state index contributed by atoms with van der Waals surface area (Å²) in [7, 11) is 0. The third-order valence-corrected chi connectivity index (χ3v) is 2.63. The summed E-state index contributed by atoms with van der Waals surface area (Å²) in [6.07, 6.45) is 0. The number of phenols is 1. The van der Waals surface area contributed by atoms with Gasteiger partial charge in [-0.05, 0) is 18.4 Å². The second-order valence-electron chi connectivity index (χ2n) is 4.28. The number of rotatable bonds is 3. The van der Waals surface area contributed by atoms with Gasteiger partial charge in [-0.1, -0.05) is 32.0 Å². The molecule has 1 unspecified atom stereocenters. The first kappa shape index (κ1) is 12.5. The summed E-state index contributed by atoms with van der Waals surface area (Å²) in [5.74, 6) is -1.47. The van der Waals surface area contributed by atoms with Crippen LogP contribution in [-0.2, 0) is 10.4 Å². The SMILES string of the molecule is CC(C)c1cccc(C(C)(O)C(=O)O)c1O. The molecule has 0 aromatic heterocycles. The number of carboxylic acid groups (broad SMARTS) is 1. The number of benzene rings is 1. The first-order chi connectivity index (χ1) is 7.28. The van der Waals surface area contributed by atoms with Gasteiger partial charge in [0.05, 0.1) is 0 Å². The molecule has 3 N–H and O–H groups in total. The van der Waals surface area contributed by atoms with Crippen LogP contribution >= 0.6 is 0 Å². The van der Waals surface area contributed by atoms with Gasteiger partial charge in [0, 0.05) is 5.56 Å². The Morgan fingerprint density at radius 1 is 1.38 bits per heavy atom. The van der Waals surface area contributed by atoms with E-state index in [0.717, 1.165) is 6.92 Å². The molecule has 0 aliphatic carbocycles. The number of phenolic OH excluding ortho intramolecular Hbond substituents is 1. The minimum atomic E-state index is -2.07. The van der Waals surface area contributed by atoms with Crippen molar-refractivity contribution in [2.75, 3.05) is 0 Å². The lowest BCUT2D eigenvalue weighted by molar-refractivity contribution is -0.157.